The second-order valence-electron chi connectivity index (χ2n) is 5.60. The predicted octanol–water partition coefficient (Wildman–Crippen LogP) is 4.19. The van der Waals surface area contributed by atoms with Crippen LogP contribution in [0.5, 0.6) is 0 Å². The summed E-state index contributed by atoms with van der Waals surface area (Å²) in [6.45, 7) is 0. The SMILES string of the molecule is O=C(O)CC(c1ccc(C2CC2)c(Cl)c1)C1CC1. The Morgan fingerprint density at radius 1 is 1.33 bits per heavy atom. The van der Waals surface area contributed by atoms with Crippen molar-refractivity contribution >= 4 is 17.6 Å². The van der Waals surface area contributed by atoms with Crippen LogP contribution in [0.15, 0.2) is 18.2 Å². The van der Waals surface area contributed by atoms with Gasteiger partial charge in [0.05, 0.1) is 6.42 Å². The maximum Gasteiger partial charge on any atom is 0.303 e. The molecule has 0 bridgehead atoms. The Hall–Kier alpha value is -1.02. The van der Waals surface area contributed by atoms with Gasteiger partial charge >= 0.3 is 5.97 Å². The minimum Gasteiger partial charge on any atom is -0.481 e. The molecule has 3 rings (SSSR count). The number of hydrogen-bond donors (Lipinski definition) is 1. The highest BCUT2D eigenvalue weighted by Crippen LogP contribution is 2.47. The molecule has 96 valence electrons. The molecule has 2 fully saturated rings. The lowest BCUT2D eigenvalue weighted by Crippen LogP contribution is -2.08. The van der Waals surface area contributed by atoms with Gasteiger partial charge in [0.25, 0.3) is 0 Å². The van der Waals surface area contributed by atoms with Crippen LogP contribution in [-0.2, 0) is 4.79 Å². The third-order valence-electron chi connectivity index (χ3n) is 4.06. The molecule has 2 saturated carbocycles. The van der Waals surface area contributed by atoms with Crippen LogP contribution in [0.1, 0.15) is 55.1 Å². The number of aliphatic carboxylic acids is 1. The zero-order valence-corrected chi connectivity index (χ0v) is 11.0. The average Bonchev–Trinajstić information content (AvgIpc) is 3.15. The molecule has 0 saturated heterocycles. The van der Waals surface area contributed by atoms with E-state index in [-0.39, 0.29) is 12.3 Å². The molecule has 3 heteroatoms. The van der Waals surface area contributed by atoms with Crippen LogP contribution in [0.2, 0.25) is 5.02 Å². The monoisotopic (exact) mass is 264 g/mol. The van der Waals surface area contributed by atoms with Crippen molar-refractivity contribution in [3.05, 3.63) is 34.3 Å². The number of hydrogen-bond acceptors (Lipinski definition) is 1. The van der Waals surface area contributed by atoms with Crippen molar-refractivity contribution in [2.45, 2.75) is 43.9 Å². The van der Waals surface area contributed by atoms with Crippen molar-refractivity contribution in [3.8, 4) is 0 Å². The lowest BCUT2D eigenvalue weighted by atomic mass is 9.90. The molecule has 1 unspecified atom stereocenters. The van der Waals surface area contributed by atoms with Gasteiger partial charge in [-0.25, -0.2) is 0 Å². The van der Waals surface area contributed by atoms with Crippen LogP contribution < -0.4 is 0 Å². The van der Waals surface area contributed by atoms with Crippen LogP contribution >= 0.6 is 11.6 Å². The van der Waals surface area contributed by atoms with Crippen LogP contribution in [0.25, 0.3) is 0 Å². The van der Waals surface area contributed by atoms with Gasteiger partial charge in [0.1, 0.15) is 0 Å². The molecule has 18 heavy (non-hydrogen) atoms. The van der Waals surface area contributed by atoms with E-state index in [1.807, 2.05) is 6.07 Å². The van der Waals surface area contributed by atoms with Gasteiger partial charge in [0, 0.05) is 5.02 Å². The van der Waals surface area contributed by atoms with Gasteiger partial charge in [-0.2, -0.15) is 0 Å². The Morgan fingerprint density at radius 2 is 2.06 bits per heavy atom. The highest BCUT2D eigenvalue weighted by Gasteiger charge is 2.34. The van der Waals surface area contributed by atoms with E-state index in [4.69, 9.17) is 16.7 Å². The van der Waals surface area contributed by atoms with E-state index in [0.717, 1.165) is 23.4 Å². The van der Waals surface area contributed by atoms with Crippen molar-refractivity contribution in [2.24, 2.45) is 5.92 Å². The standard InChI is InChI=1S/C15H17ClO2/c16-14-7-11(5-6-12(14)9-1-2-9)13(8-15(17)18)10-3-4-10/h5-7,9-10,13H,1-4,8H2,(H,17,18). The van der Waals surface area contributed by atoms with Crippen LogP contribution in [0.4, 0.5) is 0 Å². The van der Waals surface area contributed by atoms with Gasteiger partial charge in [0.15, 0.2) is 0 Å². The average molecular weight is 265 g/mol. The van der Waals surface area contributed by atoms with Crippen molar-refractivity contribution in [2.75, 3.05) is 0 Å². The molecular weight excluding hydrogens is 248 g/mol. The maximum atomic E-state index is 11.0. The summed E-state index contributed by atoms with van der Waals surface area (Å²) in [4.78, 5) is 11.0. The molecule has 0 heterocycles. The summed E-state index contributed by atoms with van der Waals surface area (Å²) in [5, 5.41) is 9.84. The zero-order chi connectivity index (χ0) is 12.7. The second kappa shape index (κ2) is 4.58. The number of carboxylic acid groups (broad SMARTS) is 1. The topological polar surface area (TPSA) is 37.3 Å². The number of rotatable bonds is 5. The fourth-order valence-corrected chi connectivity index (χ4v) is 3.09. The Balaban J connectivity index is 1.84. The van der Waals surface area contributed by atoms with E-state index < -0.39 is 5.97 Å². The first-order valence-electron chi connectivity index (χ1n) is 6.66. The van der Waals surface area contributed by atoms with Crippen LogP contribution in [0.3, 0.4) is 0 Å². The van der Waals surface area contributed by atoms with E-state index in [9.17, 15) is 4.79 Å². The molecule has 0 aromatic heterocycles. The maximum absolute atomic E-state index is 11.0. The fourth-order valence-electron chi connectivity index (χ4n) is 2.74. The van der Waals surface area contributed by atoms with Gasteiger partial charge in [0.2, 0.25) is 0 Å². The molecule has 0 amide bonds. The Morgan fingerprint density at radius 3 is 2.56 bits per heavy atom. The number of halogens is 1. The van der Waals surface area contributed by atoms with Gasteiger partial charge in [-0.3, -0.25) is 4.79 Å². The van der Waals surface area contributed by atoms with E-state index in [0.29, 0.717) is 11.8 Å². The molecule has 0 radical (unpaired) electrons. The lowest BCUT2D eigenvalue weighted by molar-refractivity contribution is -0.137. The Bertz CT molecular complexity index is 475. The summed E-state index contributed by atoms with van der Waals surface area (Å²) in [5.74, 6) is 0.622. The fraction of sp³-hybridized carbons (Fsp3) is 0.533. The normalized spacial score (nSPS) is 20.7. The van der Waals surface area contributed by atoms with E-state index >= 15 is 0 Å². The molecule has 0 aliphatic heterocycles. The third-order valence-corrected chi connectivity index (χ3v) is 4.38. The minimum atomic E-state index is -0.714. The smallest absolute Gasteiger partial charge is 0.303 e. The largest absolute Gasteiger partial charge is 0.481 e. The van der Waals surface area contributed by atoms with E-state index in [1.165, 1.54) is 18.4 Å². The highest BCUT2D eigenvalue weighted by atomic mass is 35.5. The molecule has 0 spiro atoms. The first kappa shape index (κ1) is 12.0. The summed E-state index contributed by atoms with van der Waals surface area (Å²) in [5.41, 5.74) is 2.35. The summed E-state index contributed by atoms with van der Waals surface area (Å²) in [7, 11) is 0. The van der Waals surface area contributed by atoms with Gasteiger partial charge in [-0.15, -0.1) is 0 Å². The molecule has 1 aromatic rings. The molecule has 2 nitrogen and oxygen atoms in total. The van der Waals surface area contributed by atoms with Gasteiger partial charge in [-0.1, -0.05) is 23.7 Å². The molecule has 1 N–H and O–H groups in total. The van der Waals surface area contributed by atoms with Crippen molar-refractivity contribution in [3.63, 3.8) is 0 Å². The highest BCUT2D eigenvalue weighted by molar-refractivity contribution is 6.31. The minimum absolute atomic E-state index is 0.147. The van der Waals surface area contributed by atoms with Crippen LogP contribution in [-0.4, -0.2) is 11.1 Å². The quantitative estimate of drug-likeness (QED) is 0.866. The second-order valence-corrected chi connectivity index (χ2v) is 6.00. The summed E-state index contributed by atoms with van der Waals surface area (Å²) in [6.07, 6.45) is 5.00. The molecule has 1 atom stereocenters. The van der Waals surface area contributed by atoms with Crippen molar-refractivity contribution in [1.29, 1.82) is 0 Å². The predicted molar refractivity (Wildman–Crippen MR) is 71.1 cm³/mol. The lowest BCUT2D eigenvalue weighted by Gasteiger charge is -2.16. The third kappa shape index (κ3) is 2.54. The van der Waals surface area contributed by atoms with E-state index in [1.54, 1.807) is 0 Å². The van der Waals surface area contributed by atoms with Gasteiger partial charge < -0.3 is 5.11 Å². The molecule has 2 aliphatic carbocycles. The van der Waals surface area contributed by atoms with E-state index in [2.05, 4.69) is 12.1 Å². The molecule has 1 aromatic carbocycles. The Kier molecular flexibility index (Phi) is 3.06. The number of benzene rings is 1. The summed E-state index contributed by atoms with van der Waals surface area (Å²) < 4.78 is 0. The first-order valence-corrected chi connectivity index (χ1v) is 7.04. The first-order chi connectivity index (χ1) is 8.65. The summed E-state index contributed by atoms with van der Waals surface area (Å²) in [6, 6.07) is 6.19. The summed E-state index contributed by atoms with van der Waals surface area (Å²) >= 11 is 6.32. The number of carbonyl (C=O) groups is 1. The van der Waals surface area contributed by atoms with Crippen molar-refractivity contribution in [1.82, 2.24) is 0 Å². The Labute approximate surface area is 112 Å². The van der Waals surface area contributed by atoms with Gasteiger partial charge in [-0.05, 0) is 60.6 Å². The van der Waals surface area contributed by atoms with Crippen molar-refractivity contribution < 1.29 is 9.90 Å². The van der Waals surface area contributed by atoms with Crippen LogP contribution in [0, 0.1) is 5.92 Å². The zero-order valence-electron chi connectivity index (χ0n) is 10.2. The number of carboxylic acids is 1. The molecular formula is C15H17ClO2. The molecule has 2 aliphatic rings.